The maximum Gasteiger partial charge on any atom is 0.303 e. The lowest BCUT2D eigenvalue weighted by molar-refractivity contribution is -0.137. The van der Waals surface area contributed by atoms with Crippen molar-refractivity contribution in [2.45, 2.75) is 65.2 Å². The van der Waals surface area contributed by atoms with Crippen molar-refractivity contribution < 1.29 is 24.2 Å². The molecule has 1 aliphatic heterocycles. The van der Waals surface area contributed by atoms with Gasteiger partial charge in [0.15, 0.2) is 0 Å². The van der Waals surface area contributed by atoms with Crippen molar-refractivity contribution in [1.82, 2.24) is 0 Å². The Labute approximate surface area is 226 Å². The first-order valence-electron chi connectivity index (χ1n) is 13.8. The summed E-state index contributed by atoms with van der Waals surface area (Å²) in [5, 5.41) is 12.5. The van der Waals surface area contributed by atoms with Crippen molar-refractivity contribution in [2.24, 2.45) is 17.3 Å². The molecule has 2 aromatic rings. The van der Waals surface area contributed by atoms with Crippen LogP contribution in [0.25, 0.3) is 0 Å². The molecule has 1 aliphatic carbocycles. The average molecular weight is 523 g/mol. The van der Waals surface area contributed by atoms with E-state index in [-0.39, 0.29) is 23.7 Å². The van der Waals surface area contributed by atoms with Gasteiger partial charge in [0, 0.05) is 25.6 Å². The molecule has 1 amide bonds. The molecule has 206 valence electrons. The Morgan fingerprint density at radius 1 is 1.05 bits per heavy atom. The largest absolute Gasteiger partial charge is 0.497 e. The normalized spacial score (nSPS) is 17.1. The van der Waals surface area contributed by atoms with Crippen molar-refractivity contribution in [3.8, 4) is 11.5 Å². The second-order valence-corrected chi connectivity index (χ2v) is 12.0. The van der Waals surface area contributed by atoms with Gasteiger partial charge in [0.05, 0.1) is 31.5 Å². The summed E-state index contributed by atoms with van der Waals surface area (Å²) in [6.07, 6.45) is 4.81. The van der Waals surface area contributed by atoms with Crippen molar-refractivity contribution >= 4 is 23.3 Å². The Bertz CT molecular complexity index is 1110. The van der Waals surface area contributed by atoms with Crippen LogP contribution >= 0.6 is 0 Å². The minimum absolute atomic E-state index is 0.0155. The van der Waals surface area contributed by atoms with E-state index in [9.17, 15) is 14.7 Å². The number of methoxy groups -OCH3 is 1. The van der Waals surface area contributed by atoms with Gasteiger partial charge in [-0.05, 0) is 78.7 Å². The third kappa shape index (κ3) is 7.89. The summed E-state index contributed by atoms with van der Waals surface area (Å²) in [7, 11) is 1.66. The summed E-state index contributed by atoms with van der Waals surface area (Å²) in [4.78, 5) is 26.3. The van der Waals surface area contributed by atoms with Gasteiger partial charge in [-0.15, -0.1) is 0 Å². The molecule has 2 aromatic carbocycles. The highest BCUT2D eigenvalue weighted by Crippen LogP contribution is 2.45. The zero-order chi connectivity index (χ0) is 27.3. The molecule has 1 saturated carbocycles. The fourth-order valence-corrected chi connectivity index (χ4v) is 5.31. The number of nitrogens with zero attached hydrogens (tertiary/aromatic N) is 1. The molecule has 1 atom stereocenters. The van der Waals surface area contributed by atoms with Gasteiger partial charge in [0.25, 0.3) is 0 Å². The van der Waals surface area contributed by atoms with E-state index in [1.165, 1.54) is 0 Å². The van der Waals surface area contributed by atoms with Gasteiger partial charge in [0.2, 0.25) is 5.91 Å². The van der Waals surface area contributed by atoms with Crippen LogP contribution in [0.3, 0.4) is 0 Å². The fraction of sp³-hybridized carbons (Fsp3) is 0.548. The number of benzene rings is 2. The first-order valence-corrected chi connectivity index (χ1v) is 13.8. The van der Waals surface area contributed by atoms with E-state index in [2.05, 4.69) is 31.0 Å². The minimum atomic E-state index is -0.743. The number of anilines is 2. The summed E-state index contributed by atoms with van der Waals surface area (Å²) in [6.45, 7) is 8.55. The molecule has 0 spiro atoms. The van der Waals surface area contributed by atoms with E-state index in [0.717, 1.165) is 67.2 Å². The zero-order valence-corrected chi connectivity index (χ0v) is 23.2. The van der Waals surface area contributed by atoms with E-state index in [0.29, 0.717) is 24.9 Å². The van der Waals surface area contributed by atoms with Gasteiger partial charge in [-0.1, -0.05) is 32.9 Å². The molecule has 0 aromatic heterocycles. The minimum Gasteiger partial charge on any atom is -0.497 e. The zero-order valence-electron chi connectivity index (χ0n) is 23.2. The topological polar surface area (TPSA) is 88.1 Å². The lowest BCUT2D eigenvalue weighted by Gasteiger charge is -2.35. The molecule has 2 N–H and O–H groups in total. The van der Waals surface area contributed by atoms with E-state index < -0.39 is 5.97 Å². The van der Waals surface area contributed by atoms with Crippen molar-refractivity contribution in [2.75, 3.05) is 37.0 Å². The Kier molecular flexibility index (Phi) is 8.85. The molecule has 0 radical (unpaired) electrons. The van der Waals surface area contributed by atoms with Crippen LogP contribution in [0.2, 0.25) is 0 Å². The number of carbonyl (C=O) groups is 2. The highest BCUT2D eigenvalue weighted by molar-refractivity contribution is 5.95. The number of rotatable bonds is 11. The van der Waals surface area contributed by atoms with Crippen LogP contribution in [0.15, 0.2) is 42.5 Å². The van der Waals surface area contributed by atoms with Crippen LogP contribution in [0.4, 0.5) is 11.4 Å². The van der Waals surface area contributed by atoms with Crippen LogP contribution in [0.1, 0.15) is 70.8 Å². The number of amides is 1. The molecule has 7 heteroatoms. The Morgan fingerprint density at radius 3 is 2.42 bits per heavy atom. The Morgan fingerprint density at radius 2 is 1.79 bits per heavy atom. The van der Waals surface area contributed by atoms with Crippen LogP contribution in [-0.2, 0) is 9.59 Å². The number of ether oxygens (including phenoxy) is 2. The molecular formula is C31H42N2O5. The van der Waals surface area contributed by atoms with Crippen LogP contribution < -0.4 is 19.7 Å². The molecule has 4 rings (SSSR count). The second-order valence-electron chi connectivity index (χ2n) is 12.0. The van der Waals surface area contributed by atoms with Gasteiger partial charge >= 0.3 is 5.97 Å². The summed E-state index contributed by atoms with van der Waals surface area (Å²) in [6, 6.07) is 13.8. The molecule has 38 heavy (non-hydrogen) atoms. The van der Waals surface area contributed by atoms with Gasteiger partial charge in [-0.3, -0.25) is 9.59 Å². The number of carbonyl (C=O) groups excluding carboxylic acids is 1. The quantitative estimate of drug-likeness (QED) is 0.358. The molecule has 7 nitrogen and oxygen atoms in total. The van der Waals surface area contributed by atoms with E-state index in [4.69, 9.17) is 9.47 Å². The summed E-state index contributed by atoms with van der Waals surface area (Å²) in [5.41, 5.74) is 2.80. The summed E-state index contributed by atoms with van der Waals surface area (Å²) in [5.74, 6) is 1.84. The van der Waals surface area contributed by atoms with Crippen LogP contribution in [0.5, 0.6) is 11.5 Å². The Balaban J connectivity index is 1.34. The molecule has 1 heterocycles. The van der Waals surface area contributed by atoms with Crippen molar-refractivity contribution in [3.63, 3.8) is 0 Å². The number of carboxylic acid groups (broad SMARTS) is 1. The van der Waals surface area contributed by atoms with E-state index in [1.807, 2.05) is 42.5 Å². The highest BCUT2D eigenvalue weighted by atomic mass is 16.5. The second kappa shape index (κ2) is 12.1. The fourth-order valence-electron chi connectivity index (χ4n) is 5.31. The maximum atomic E-state index is 12.6. The number of aliphatic carboxylic acids is 1. The molecule has 2 fully saturated rings. The lowest BCUT2D eigenvalue weighted by Crippen LogP contribution is -2.36. The number of carboxylic acids is 1. The van der Waals surface area contributed by atoms with Gasteiger partial charge in [0.1, 0.15) is 11.5 Å². The van der Waals surface area contributed by atoms with Crippen LogP contribution in [-0.4, -0.2) is 43.8 Å². The van der Waals surface area contributed by atoms with Crippen molar-refractivity contribution in [3.05, 3.63) is 48.0 Å². The molecule has 2 aliphatic rings. The highest BCUT2D eigenvalue weighted by Gasteiger charge is 2.34. The standard InChI is InChI=1S/C31H42N2O5/c1-31(2,3)19-29(34)32-27-11-10-24(37-4)17-28(27)33-14-12-21(13-15-33)20-38-25-7-5-6-23(16-25)26(18-30(35)36)22-8-9-22/h5-7,10-11,16-17,21-22,26H,8-9,12-15,18-20H2,1-4H3,(H,32,34)(H,35,36). The molecule has 1 saturated heterocycles. The van der Waals surface area contributed by atoms with E-state index >= 15 is 0 Å². The lowest BCUT2D eigenvalue weighted by atomic mass is 9.91. The van der Waals surface area contributed by atoms with Gasteiger partial charge in [-0.25, -0.2) is 0 Å². The summed E-state index contributed by atoms with van der Waals surface area (Å²) < 4.78 is 11.7. The average Bonchev–Trinajstić information content (AvgIpc) is 3.71. The number of hydrogen-bond acceptors (Lipinski definition) is 5. The van der Waals surface area contributed by atoms with Crippen molar-refractivity contribution in [1.29, 1.82) is 0 Å². The van der Waals surface area contributed by atoms with E-state index in [1.54, 1.807) is 7.11 Å². The smallest absolute Gasteiger partial charge is 0.303 e. The number of nitrogens with one attached hydrogen (secondary N) is 1. The number of hydrogen-bond donors (Lipinski definition) is 2. The van der Waals surface area contributed by atoms with Crippen LogP contribution in [0, 0.1) is 17.3 Å². The molecular weight excluding hydrogens is 480 g/mol. The van der Waals surface area contributed by atoms with Gasteiger partial charge in [-0.2, -0.15) is 0 Å². The first-order chi connectivity index (χ1) is 18.1. The maximum absolute atomic E-state index is 12.6. The Hall–Kier alpha value is -3.22. The first kappa shape index (κ1) is 27.8. The molecule has 1 unspecified atom stereocenters. The third-order valence-electron chi connectivity index (χ3n) is 7.48. The number of piperidine rings is 1. The molecule has 0 bridgehead atoms. The monoisotopic (exact) mass is 522 g/mol. The van der Waals surface area contributed by atoms with Gasteiger partial charge < -0.3 is 24.8 Å². The SMILES string of the molecule is COc1ccc(NC(=O)CC(C)(C)C)c(N2CCC(COc3cccc(C(CC(=O)O)C4CC4)c3)CC2)c1. The third-order valence-corrected chi connectivity index (χ3v) is 7.48. The predicted octanol–water partition coefficient (Wildman–Crippen LogP) is 6.33. The summed E-state index contributed by atoms with van der Waals surface area (Å²) >= 11 is 0. The predicted molar refractivity (Wildman–Crippen MR) is 150 cm³/mol.